The van der Waals surface area contributed by atoms with E-state index in [1.807, 2.05) is 0 Å². The molecule has 0 radical (unpaired) electrons. The molecule has 1 aliphatic carbocycles. The molecular weight excluding hydrogens is 344 g/mol. The molecule has 2 aromatic rings. The molecule has 1 saturated carbocycles. The molecule has 2 heterocycles. The number of nitrogens with zero attached hydrogens (tertiary/aromatic N) is 2. The smallest absolute Gasteiger partial charge is 0.270 e. The molecule has 0 unspecified atom stereocenters. The second kappa shape index (κ2) is 5.29. The molecule has 1 aliphatic rings. The molecule has 3 rings (SSSR count). The van der Waals surface area contributed by atoms with Crippen LogP contribution in [-0.2, 0) is 0 Å². The lowest BCUT2D eigenvalue weighted by molar-refractivity contribution is -0.0151. The number of pyridine rings is 2. The summed E-state index contributed by atoms with van der Waals surface area (Å²) in [5, 5.41) is 3.22. The second-order valence-electron chi connectivity index (χ2n) is 5.15. The molecule has 0 aromatic carbocycles. The lowest BCUT2D eigenvalue weighted by Gasteiger charge is -2.41. The van der Waals surface area contributed by atoms with E-state index in [9.17, 15) is 13.6 Å². The Labute approximate surface area is 128 Å². The minimum atomic E-state index is -2.56. The van der Waals surface area contributed by atoms with Gasteiger partial charge in [-0.2, -0.15) is 0 Å². The number of alkyl halides is 2. The number of hydrogen-bond donors (Lipinski definition) is 1. The van der Waals surface area contributed by atoms with Crippen LogP contribution < -0.4 is 5.32 Å². The summed E-state index contributed by atoms with van der Waals surface area (Å²) < 4.78 is 26.8. The zero-order chi connectivity index (χ0) is 15.0. The molecule has 1 fully saturated rings. The first kappa shape index (κ1) is 14.3. The van der Waals surface area contributed by atoms with Crippen molar-refractivity contribution in [1.82, 2.24) is 15.3 Å². The van der Waals surface area contributed by atoms with E-state index >= 15 is 0 Å². The Morgan fingerprint density at radius 1 is 1.33 bits per heavy atom. The van der Waals surface area contributed by atoms with Crippen LogP contribution in [0, 0.1) is 0 Å². The molecule has 110 valence electrons. The molecule has 0 aliphatic heterocycles. The Balaban J connectivity index is 1.90. The molecule has 0 bridgehead atoms. The summed E-state index contributed by atoms with van der Waals surface area (Å²) in [6.07, 6.45) is 1.94. The number of amides is 1. The summed E-state index contributed by atoms with van der Waals surface area (Å²) >= 11 is 3.31. The predicted molar refractivity (Wildman–Crippen MR) is 77.3 cm³/mol. The van der Waals surface area contributed by atoms with Gasteiger partial charge in [-0.05, 0) is 47.3 Å². The fourth-order valence-corrected chi connectivity index (χ4v) is 2.82. The average molecular weight is 356 g/mol. The van der Waals surface area contributed by atoms with Crippen molar-refractivity contribution in [3.05, 3.63) is 34.7 Å². The zero-order valence-corrected chi connectivity index (χ0v) is 12.5. The quantitative estimate of drug-likeness (QED) is 0.918. The van der Waals surface area contributed by atoms with Crippen LogP contribution in [-0.4, -0.2) is 27.8 Å². The topological polar surface area (TPSA) is 54.9 Å². The summed E-state index contributed by atoms with van der Waals surface area (Å²) in [6, 6.07) is 3.22. The monoisotopic (exact) mass is 355 g/mol. The third-order valence-electron chi connectivity index (χ3n) is 3.81. The van der Waals surface area contributed by atoms with Gasteiger partial charge in [0.1, 0.15) is 11.2 Å². The number of carbonyl (C=O) groups excluding carboxylic acids is 1. The average Bonchev–Trinajstić information content (AvgIpc) is 2.42. The van der Waals surface area contributed by atoms with Crippen LogP contribution >= 0.6 is 15.9 Å². The molecule has 0 saturated heterocycles. The maximum atomic E-state index is 13.1. The number of nitrogens with one attached hydrogen (secondary N) is 1. The minimum absolute atomic E-state index is 0.126. The van der Waals surface area contributed by atoms with Gasteiger partial charge in [0.15, 0.2) is 0 Å². The van der Waals surface area contributed by atoms with Crippen molar-refractivity contribution < 1.29 is 13.6 Å². The van der Waals surface area contributed by atoms with E-state index in [-0.39, 0.29) is 5.69 Å². The number of rotatable bonds is 3. The van der Waals surface area contributed by atoms with Gasteiger partial charge in [0.2, 0.25) is 0 Å². The Morgan fingerprint density at radius 2 is 2.10 bits per heavy atom. The van der Waals surface area contributed by atoms with Crippen molar-refractivity contribution in [2.75, 3.05) is 0 Å². The molecule has 4 nitrogen and oxygen atoms in total. The van der Waals surface area contributed by atoms with Gasteiger partial charge in [-0.1, -0.05) is 0 Å². The van der Waals surface area contributed by atoms with E-state index in [4.69, 9.17) is 0 Å². The van der Waals surface area contributed by atoms with E-state index in [1.165, 1.54) is 6.07 Å². The van der Waals surface area contributed by atoms with Crippen molar-refractivity contribution in [3.63, 3.8) is 0 Å². The lowest BCUT2D eigenvalue weighted by Crippen LogP contribution is -2.58. The van der Waals surface area contributed by atoms with Gasteiger partial charge in [0.25, 0.3) is 12.3 Å². The van der Waals surface area contributed by atoms with Gasteiger partial charge in [-0.3, -0.25) is 9.78 Å². The summed E-state index contributed by atoms with van der Waals surface area (Å²) in [7, 11) is 0. The van der Waals surface area contributed by atoms with E-state index in [0.29, 0.717) is 29.3 Å². The van der Waals surface area contributed by atoms with E-state index < -0.39 is 17.9 Å². The van der Waals surface area contributed by atoms with Crippen molar-refractivity contribution >= 4 is 32.7 Å². The van der Waals surface area contributed by atoms with Crippen LogP contribution in [0.2, 0.25) is 0 Å². The van der Waals surface area contributed by atoms with Crippen molar-refractivity contribution in [2.45, 2.75) is 31.2 Å². The third-order valence-corrected chi connectivity index (χ3v) is 4.39. The summed E-state index contributed by atoms with van der Waals surface area (Å²) in [4.78, 5) is 20.4. The summed E-state index contributed by atoms with van der Waals surface area (Å²) in [6.45, 7) is 0. The normalized spacial score (nSPS) is 16.8. The van der Waals surface area contributed by atoms with Gasteiger partial charge in [-0.25, -0.2) is 13.8 Å². The summed E-state index contributed by atoms with van der Waals surface area (Å²) in [5.74, 6) is -0.569. The highest BCUT2D eigenvalue weighted by molar-refractivity contribution is 9.10. The fraction of sp³-hybridized carbons (Fsp3) is 0.357. The Kier molecular flexibility index (Phi) is 3.61. The van der Waals surface area contributed by atoms with Gasteiger partial charge in [0.05, 0.1) is 9.99 Å². The second-order valence-corrected chi connectivity index (χ2v) is 6.01. The minimum Gasteiger partial charge on any atom is -0.339 e. The van der Waals surface area contributed by atoms with Crippen molar-refractivity contribution in [3.8, 4) is 0 Å². The highest BCUT2D eigenvalue weighted by atomic mass is 79.9. The van der Waals surface area contributed by atoms with Crippen LogP contribution in [0.4, 0.5) is 8.78 Å². The molecule has 2 aromatic heterocycles. The molecule has 21 heavy (non-hydrogen) atoms. The van der Waals surface area contributed by atoms with Crippen LogP contribution in [0.3, 0.4) is 0 Å². The number of hydrogen-bond acceptors (Lipinski definition) is 3. The third kappa shape index (κ3) is 2.50. The molecule has 0 atom stereocenters. The van der Waals surface area contributed by atoms with Crippen LogP contribution in [0.25, 0.3) is 10.9 Å². The number of aromatic nitrogens is 2. The highest BCUT2D eigenvalue weighted by Gasteiger charge is 2.46. The molecule has 1 N–H and O–H groups in total. The van der Waals surface area contributed by atoms with Crippen LogP contribution in [0.15, 0.2) is 29.0 Å². The first-order chi connectivity index (χ1) is 10.0. The largest absolute Gasteiger partial charge is 0.339 e. The molecule has 7 heteroatoms. The van der Waals surface area contributed by atoms with Crippen molar-refractivity contribution in [1.29, 1.82) is 0 Å². The fourth-order valence-electron chi connectivity index (χ4n) is 2.38. The first-order valence-corrected chi connectivity index (χ1v) is 7.32. The molecular formula is C14H12BrF2N3O. The van der Waals surface area contributed by atoms with Crippen LogP contribution in [0.1, 0.15) is 29.8 Å². The standard InChI is InChI=1S/C14H12BrF2N3O/c15-9-7-18-6-8-2-3-10(19-11(8)9)12(21)20-14(13(16)17)4-1-5-14/h2-3,6-7,13H,1,4-5H2,(H,20,21). The lowest BCUT2D eigenvalue weighted by atomic mass is 9.77. The Bertz CT molecular complexity index is 704. The van der Waals surface area contributed by atoms with Crippen molar-refractivity contribution in [2.24, 2.45) is 0 Å². The number of fused-ring (bicyclic) bond motifs is 1. The van der Waals surface area contributed by atoms with Gasteiger partial charge in [-0.15, -0.1) is 0 Å². The van der Waals surface area contributed by atoms with Crippen LogP contribution in [0.5, 0.6) is 0 Å². The van der Waals surface area contributed by atoms with E-state index in [1.54, 1.807) is 18.5 Å². The first-order valence-electron chi connectivity index (χ1n) is 6.53. The Hall–Kier alpha value is -1.63. The molecule has 0 spiro atoms. The van der Waals surface area contributed by atoms with Gasteiger partial charge >= 0.3 is 0 Å². The maximum Gasteiger partial charge on any atom is 0.270 e. The SMILES string of the molecule is O=C(NC1(C(F)F)CCC1)c1ccc2cncc(Br)c2n1. The predicted octanol–water partition coefficient (Wildman–Crippen LogP) is 3.31. The number of carbonyl (C=O) groups is 1. The van der Waals surface area contributed by atoms with Gasteiger partial charge < -0.3 is 5.32 Å². The van der Waals surface area contributed by atoms with E-state index in [0.717, 1.165) is 5.39 Å². The maximum absolute atomic E-state index is 13.1. The Morgan fingerprint density at radius 3 is 2.71 bits per heavy atom. The van der Waals surface area contributed by atoms with E-state index in [2.05, 4.69) is 31.2 Å². The zero-order valence-electron chi connectivity index (χ0n) is 10.9. The molecule has 1 amide bonds. The summed E-state index contributed by atoms with van der Waals surface area (Å²) in [5.41, 5.74) is -0.679. The highest BCUT2D eigenvalue weighted by Crippen LogP contribution is 2.37. The van der Waals surface area contributed by atoms with Gasteiger partial charge in [0, 0.05) is 17.8 Å². The number of halogens is 3.